The number of nitro benzene ring substituents is 1. The van der Waals surface area contributed by atoms with Crippen LogP contribution in [0.5, 0.6) is 0 Å². The number of nitrogens with zero attached hydrogens (tertiary/aromatic N) is 2. The molecule has 0 fully saturated rings. The normalized spacial score (nSPS) is 11.1. The lowest BCUT2D eigenvalue weighted by atomic mass is 10.1. The Hall–Kier alpha value is -3.73. The molecule has 0 radical (unpaired) electrons. The SMILES string of the molecule is C[C@H](NC(=O)c1cccc([N+](=O)[O-])c1)C(=O)Nc1ccc(CC#N)cc1. The third kappa shape index (κ3) is 4.88. The van der Waals surface area contributed by atoms with Gasteiger partial charge in [0.2, 0.25) is 5.91 Å². The highest BCUT2D eigenvalue weighted by Gasteiger charge is 2.18. The lowest BCUT2D eigenvalue weighted by Crippen LogP contribution is -2.41. The maximum atomic E-state index is 12.2. The number of hydrogen-bond donors (Lipinski definition) is 2. The number of nitriles is 1. The monoisotopic (exact) mass is 352 g/mol. The molecule has 2 N–H and O–H groups in total. The Morgan fingerprint density at radius 2 is 1.92 bits per heavy atom. The molecule has 26 heavy (non-hydrogen) atoms. The Morgan fingerprint density at radius 1 is 1.23 bits per heavy atom. The first-order valence-electron chi connectivity index (χ1n) is 7.73. The molecule has 0 saturated heterocycles. The van der Waals surface area contributed by atoms with Crippen LogP contribution in [-0.4, -0.2) is 22.8 Å². The lowest BCUT2D eigenvalue weighted by molar-refractivity contribution is -0.384. The topological polar surface area (TPSA) is 125 Å². The maximum Gasteiger partial charge on any atom is 0.270 e. The van der Waals surface area contributed by atoms with Crippen molar-refractivity contribution >= 4 is 23.2 Å². The molecular weight excluding hydrogens is 336 g/mol. The minimum Gasteiger partial charge on any atom is -0.341 e. The number of nitro groups is 1. The molecule has 8 nitrogen and oxygen atoms in total. The second-order valence-electron chi connectivity index (χ2n) is 5.52. The number of hydrogen-bond acceptors (Lipinski definition) is 5. The first kappa shape index (κ1) is 18.6. The predicted molar refractivity (Wildman–Crippen MR) is 94.4 cm³/mol. The van der Waals surface area contributed by atoms with Gasteiger partial charge in [0.05, 0.1) is 17.4 Å². The van der Waals surface area contributed by atoms with Crippen molar-refractivity contribution in [1.29, 1.82) is 5.26 Å². The summed E-state index contributed by atoms with van der Waals surface area (Å²) in [4.78, 5) is 34.5. The van der Waals surface area contributed by atoms with E-state index in [9.17, 15) is 19.7 Å². The van der Waals surface area contributed by atoms with Crippen LogP contribution in [0.2, 0.25) is 0 Å². The van der Waals surface area contributed by atoms with Crippen LogP contribution in [0.1, 0.15) is 22.8 Å². The van der Waals surface area contributed by atoms with Crippen molar-refractivity contribution in [3.05, 3.63) is 69.8 Å². The van der Waals surface area contributed by atoms with Crippen molar-refractivity contribution in [3.8, 4) is 6.07 Å². The van der Waals surface area contributed by atoms with E-state index in [0.29, 0.717) is 5.69 Å². The number of amides is 2. The fourth-order valence-electron chi connectivity index (χ4n) is 2.15. The average molecular weight is 352 g/mol. The molecule has 0 aliphatic heterocycles. The number of benzene rings is 2. The summed E-state index contributed by atoms with van der Waals surface area (Å²) >= 11 is 0. The fourth-order valence-corrected chi connectivity index (χ4v) is 2.15. The largest absolute Gasteiger partial charge is 0.341 e. The zero-order valence-electron chi connectivity index (χ0n) is 13.9. The van der Waals surface area contributed by atoms with E-state index >= 15 is 0 Å². The van der Waals surface area contributed by atoms with E-state index in [4.69, 9.17) is 5.26 Å². The van der Waals surface area contributed by atoms with Gasteiger partial charge in [0.1, 0.15) is 6.04 Å². The summed E-state index contributed by atoms with van der Waals surface area (Å²) < 4.78 is 0. The van der Waals surface area contributed by atoms with Crippen molar-refractivity contribution < 1.29 is 14.5 Å². The van der Waals surface area contributed by atoms with Gasteiger partial charge < -0.3 is 10.6 Å². The van der Waals surface area contributed by atoms with E-state index in [0.717, 1.165) is 11.6 Å². The summed E-state index contributed by atoms with van der Waals surface area (Å²) in [6.07, 6.45) is 0.282. The molecule has 0 saturated carbocycles. The van der Waals surface area contributed by atoms with Crippen LogP contribution in [0.25, 0.3) is 0 Å². The van der Waals surface area contributed by atoms with Gasteiger partial charge in [0, 0.05) is 23.4 Å². The summed E-state index contributed by atoms with van der Waals surface area (Å²) in [6, 6.07) is 13.2. The summed E-state index contributed by atoms with van der Waals surface area (Å²) in [5.41, 5.74) is 1.26. The molecule has 2 rings (SSSR count). The van der Waals surface area contributed by atoms with Crippen molar-refractivity contribution in [3.63, 3.8) is 0 Å². The molecule has 2 aromatic rings. The third-order valence-electron chi connectivity index (χ3n) is 3.56. The molecular formula is C18H16N4O4. The van der Waals surface area contributed by atoms with Crippen LogP contribution in [0.3, 0.4) is 0 Å². The van der Waals surface area contributed by atoms with E-state index in [1.54, 1.807) is 24.3 Å². The zero-order chi connectivity index (χ0) is 19.1. The van der Waals surface area contributed by atoms with Crippen LogP contribution in [0, 0.1) is 21.4 Å². The molecule has 2 aromatic carbocycles. The van der Waals surface area contributed by atoms with Gasteiger partial charge in [-0.05, 0) is 30.7 Å². The molecule has 132 valence electrons. The Morgan fingerprint density at radius 3 is 2.54 bits per heavy atom. The van der Waals surface area contributed by atoms with Gasteiger partial charge in [-0.1, -0.05) is 18.2 Å². The van der Waals surface area contributed by atoms with Crippen LogP contribution in [0.4, 0.5) is 11.4 Å². The molecule has 0 aromatic heterocycles. The Labute approximate surface area is 149 Å². The smallest absolute Gasteiger partial charge is 0.270 e. The van der Waals surface area contributed by atoms with E-state index < -0.39 is 22.8 Å². The zero-order valence-corrected chi connectivity index (χ0v) is 13.9. The van der Waals surface area contributed by atoms with Crippen molar-refractivity contribution in [2.75, 3.05) is 5.32 Å². The number of rotatable bonds is 6. The van der Waals surface area contributed by atoms with Gasteiger partial charge in [-0.2, -0.15) is 5.26 Å². The molecule has 2 amide bonds. The first-order chi connectivity index (χ1) is 12.4. The van der Waals surface area contributed by atoms with Crippen LogP contribution in [-0.2, 0) is 11.2 Å². The number of carbonyl (C=O) groups excluding carboxylic acids is 2. The minimum absolute atomic E-state index is 0.0970. The first-order valence-corrected chi connectivity index (χ1v) is 7.73. The van der Waals surface area contributed by atoms with Gasteiger partial charge in [-0.25, -0.2) is 0 Å². The molecule has 0 heterocycles. The quantitative estimate of drug-likeness (QED) is 0.610. The van der Waals surface area contributed by atoms with E-state index in [-0.39, 0.29) is 17.7 Å². The number of carbonyl (C=O) groups is 2. The molecule has 0 aliphatic rings. The molecule has 0 aliphatic carbocycles. The molecule has 0 unspecified atom stereocenters. The Bertz CT molecular complexity index is 872. The fraction of sp³-hybridized carbons (Fsp3) is 0.167. The second kappa shape index (κ2) is 8.39. The number of non-ortho nitro benzene ring substituents is 1. The molecule has 8 heteroatoms. The third-order valence-corrected chi connectivity index (χ3v) is 3.56. The maximum absolute atomic E-state index is 12.2. The summed E-state index contributed by atoms with van der Waals surface area (Å²) in [5.74, 6) is -1.02. The van der Waals surface area contributed by atoms with Crippen molar-refractivity contribution in [2.24, 2.45) is 0 Å². The Balaban J connectivity index is 1.98. The van der Waals surface area contributed by atoms with E-state index in [1.807, 2.05) is 6.07 Å². The Kier molecular flexibility index (Phi) is 6.01. The summed E-state index contributed by atoms with van der Waals surface area (Å²) in [5, 5.41) is 24.6. The van der Waals surface area contributed by atoms with Gasteiger partial charge in [-0.15, -0.1) is 0 Å². The van der Waals surface area contributed by atoms with Crippen LogP contribution in [0.15, 0.2) is 48.5 Å². The standard InChI is InChI=1S/C18H16N4O4/c1-12(17(23)21-15-7-5-13(6-8-15)9-10-19)20-18(24)14-3-2-4-16(11-14)22(25)26/h2-8,11-12H,9H2,1H3,(H,20,24)(H,21,23)/t12-/m0/s1. The van der Waals surface area contributed by atoms with Gasteiger partial charge in [0.15, 0.2) is 0 Å². The van der Waals surface area contributed by atoms with Gasteiger partial charge in [0.25, 0.3) is 11.6 Å². The predicted octanol–water partition coefficient (Wildman–Crippen LogP) is 2.42. The van der Waals surface area contributed by atoms with Crippen LogP contribution >= 0.6 is 0 Å². The van der Waals surface area contributed by atoms with Crippen molar-refractivity contribution in [1.82, 2.24) is 5.32 Å². The highest BCUT2D eigenvalue weighted by molar-refractivity contribution is 6.01. The van der Waals surface area contributed by atoms with E-state index in [2.05, 4.69) is 10.6 Å². The summed E-state index contributed by atoms with van der Waals surface area (Å²) in [7, 11) is 0. The van der Waals surface area contributed by atoms with Gasteiger partial charge in [-0.3, -0.25) is 19.7 Å². The van der Waals surface area contributed by atoms with Gasteiger partial charge >= 0.3 is 0 Å². The molecule has 1 atom stereocenters. The second-order valence-corrected chi connectivity index (χ2v) is 5.52. The average Bonchev–Trinajstić information content (AvgIpc) is 2.63. The number of nitrogens with one attached hydrogen (secondary N) is 2. The van der Waals surface area contributed by atoms with Crippen molar-refractivity contribution in [2.45, 2.75) is 19.4 Å². The molecule has 0 spiro atoms. The summed E-state index contributed by atoms with van der Waals surface area (Å²) in [6.45, 7) is 1.51. The highest BCUT2D eigenvalue weighted by atomic mass is 16.6. The molecule has 0 bridgehead atoms. The number of anilines is 1. The lowest BCUT2D eigenvalue weighted by Gasteiger charge is -2.14. The van der Waals surface area contributed by atoms with E-state index in [1.165, 1.54) is 25.1 Å². The minimum atomic E-state index is -0.847. The van der Waals surface area contributed by atoms with Crippen LogP contribution < -0.4 is 10.6 Å². The highest BCUT2D eigenvalue weighted by Crippen LogP contribution is 2.13.